The van der Waals surface area contributed by atoms with Gasteiger partial charge in [-0.1, -0.05) is 13.8 Å². The van der Waals surface area contributed by atoms with E-state index < -0.39 is 0 Å². The van der Waals surface area contributed by atoms with Gasteiger partial charge in [-0.2, -0.15) is 0 Å². The third kappa shape index (κ3) is 3.36. The van der Waals surface area contributed by atoms with Gasteiger partial charge in [0.05, 0.1) is 0 Å². The van der Waals surface area contributed by atoms with Gasteiger partial charge in [0.1, 0.15) is 0 Å². The maximum absolute atomic E-state index is 10.9. The summed E-state index contributed by atoms with van der Waals surface area (Å²) in [5.41, 5.74) is 2.74. The molecule has 0 spiro atoms. The smallest absolute Gasteiger partial charge is 0.161 e. The summed E-state index contributed by atoms with van der Waals surface area (Å²) in [6.07, 6.45) is 1.62. The van der Waals surface area contributed by atoms with Crippen molar-refractivity contribution in [3.63, 3.8) is 0 Å². The summed E-state index contributed by atoms with van der Waals surface area (Å²) < 4.78 is 0. The van der Waals surface area contributed by atoms with Crippen LogP contribution in [0.1, 0.15) is 42.4 Å². The molecule has 1 rings (SSSR count). The van der Waals surface area contributed by atoms with E-state index in [1.807, 2.05) is 33.8 Å². The van der Waals surface area contributed by atoms with Crippen molar-refractivity contribution < 1.29 is 4.79 Å². The van der Waals surface area contributed by atoms with Crippen LogP contribution in [0.15, 0.2) is 12.3 Å². The summed E-state index contributed by atoms with van der Waals surface area (Å²) in [7, 11) is 0. The molecule has 0 atom stereocenters. The van der Waals surface area contributed by atoms with Gasteiger partial charge in [-0.3, -0.25) is 9.78 Å². The molecule has 0 aliphatic rings. The molecule has 2 nitrogen and oxygen atoms in total. The zero-order valence-corrected chi connectivity index (χ0v) is 9.01. The summed E-state index contributed by atoms with van der Waals surface area (Å²) in [6.45, 7) is 9.43. The Labute approximate surface area is 80.0 Å². The van der Waals surface area contributed by atoms with Gasteiger partial charge in [0, 0.05) is 17.5 Å². The fourth-order valence-corrected chi connectivity index (χ4v) is 0.836. The highest BCUT2D eigenvalue weighted by Crippen LogP contribution is 2.06. The number of carbonyl (C=O) groups is 1. The molecule has 0 unspecified atom stereocenters. The second kappa shape index (κ2) is 5.46. The van der Waals surface area contributed by atoms with Gasteiger partial charge in [-0.05, 0) is 32.4 Å². The number of ketones is 1. The molecule has 1 heterocycles. The van der Waals surface area contributed by atoms with Crippen LogP contribution in [0.2, 0.25) is 0 Å². The van der Waals surface area contributed by atoms with Gasteiger partial charge in [-0.15, -0.1) is 0 Å². The number of aromatic nitrogens is 1. The van der Waals surface area contributed by atoms with Crippen LogP contribution in [0, 0.1) is 13.8 Å². The molecule has 0 aliphatic heterocycles. The Morgan fingerprint density at radius 2 is 1.85 bits per heavy atom. The summed E-state index contributed by atoms with van der Waals surface area (Å²) in [6, 6.07) is 1.87. The zero-order valence-electron chi connectivity index (χ0n) is 9.01. The summed E-state index contributed by atoms with van der Waals surface area (Å²) >= 11 is 0. The quantitative estimate of drug-likeness (QED) is 0.620. The third-order valence-electron chi connectivity index (χ3n) is 1.75. The lowest BCUT2D eigenvalue weighted by Crippen LogP contribution is -1.96. The van der Waals surface area contributed by atoms with Crippen molar-refractivity contribution in [3.8, 4) is 0 Å². The van der Waals surface area contributed by atoms with Gasteiger partial charge < -0.3 is 0 Å². The fourth-order valence-electron chi connectivity index (χ4n) is 0.836. The van der Waals surface area contributed by atoms with Gasteiger partial charge in [0.25, 0.3) is 0 Å². The van der Waals surface area contributed by atoms with Crippen LogP contribution in [0.4, 0.5) is 0 Å². The lowest BCUT2D eigenvalue weighted by molar-refractivity contribution is 0.101. The second-order valence-electron chi connectivity index (χ2n) is 2.68. The van der Waals surface area contributed by atoms with Gasteiger partial charge in [-0.25, -0.2) is 0 Å². The first kappa shape index (κ1) is 11.8. The van der Waals surface area contributed by atoms with Gasteiger partial charge >= 0.3 is 0 Å². The van der Waals surface area contributed by atoms with Crippen molar-refractivity contribution in [2.24, 2.45) is 0 Å². The molecule has 1 aromatic heterocycles. The van der Waals surface area contributed by atoms with Crippen molar-refractivity contribution in [2.75, 3.05) is 0 Å². The van der Waals surface area contributed by atoms with Crippen molar-refractivity contribution in [1.82, 2.24) is 4.98 Å². The lowest BCUT2D eigenvalue weighted by atomic mass is 10.1. The van der Waals surface area contributed by atoms with Crippen LogP contribution >= 0.6 is 0 Å². The predicted molar refractivity (Wildman–Crippen MR) is 55.1 cm³/mol. The average Bonchev–Trinajstić information content (AvgIpc) is 2.13. The molecule has 0 amide bonds. The number of hydrogen-bond acceptors (Lipinski definition) is 2. The number of rotatable bonds is 1. The predicted octanol–water partition coefficient (Wildman–Crippen LogP) is 2.93. The maximum atomic E-state index is 10.9. The van der Waals surface area contributed by atoms with Gasteiger partial charge in [0.15, 0.2) is 5.78 Å². The zero-order chi connectivity index (χ0) is 10.4. The first-order chi connectivity index (χ1) is 6.11. The Morgan fingerprint density at radius 1 is 1.31 bits per heavy atom. The van der Waals surface area contributed by atoms with E-state index in [1.54, 1.807) is 13.1 Å². The maximum Gasteiger partial charge on any atom is 0.161 e. The summed E-state index contributed by atoms with van der Waals surface area (Å²) in [5, 5.41) is 0. The van der Waals surface area contributed by atoms with E-state index in [9.17, 15) is 4.79 Å². The minimum Gasteiger partial charge on any atom is -0.294 e. The molecule has 72 valence electrons. The van der Waals surface area contributed by atoms with Crippen LogP contribution in [-0.2, 0) is 0 Å². The lowest BCUT2D eigenvalue weighted by Gasteiger charge is -1.99. The Morgan fingerprint density at radius 3 is 2.23 bits per heavy atom. The number of aryl methyl sites for hydroxylation is 2. The molecule has 0 aromatic carbocycles. The van der Waals surface area contributed by atoms with E-state index >= 15 is 0 Å². The molecule has 0 saturated heterocycles. The molecule has 13 heavy (non-hydrogen) atoms. The van der Waals surface area contributed by atoms with E-state index in [4.69, 9.17) is 0 Å². The van der Waals surface area contributed by atoms with Crippen LogP contribution in [-0.4, -0.2) is 10.8 Å². The molecule has 0 aliphatic carbocycles. The minimum atomic E-state index is 0.0700. The molecule has 0 fully saturated rings. The average molecular weight is 179 g/mol. The van der Waals surface area contributed by atoms with Gasteiger partial charge in [0.2, 0.25) is 0 Å². The topological polar surface area (TPSA) is 30.0 Å². The van der Waals surface area contributed by atoms with E-state index in [1.165, 1.54) is 0 Å². The van der Waals surface area contributed by atoms with Crippen LogP contribution in [0.5, 0.6) is 0 Å². The standard InChI is InChI=1S/C9H11NO.C2H6/c1-6-4-9(8(3)11)5-10-7(6)2;1-2/h4-5H,1-3H3;1-2H3. The molecule has 0 radical (unpaired) electrons. The van der Waals surface area contributed by atoms with E-state index in [0.29, 0.717) is 5.56 Å². The van der Waals surface area contributed by atoms with Crippen LogP contribution < -0.4 is 0 Å². The Kier molecular flexibility index (Phi) is 4.97. The van der Waals surface area contributed by atoms with E-state index in [0.717, 1.165) is 11.3 Å². The molecule has 0 saturated carbocycles. The second-order valence-corrected chi connectivity index (χ2v) is 2.68. The fraction of sp³-hybridized carbons (Fsp3) is 0.455. The highest BCUT2D eigenvalue weighted by molar-refractivity contribution is 5.93. The summed E-state index contributed by atoms with van der Waals surface area (Å²) in [5.74, 6) is 0.0700. The Hall–Kier alpha value is -1.18. The first-order valence-electron chi connectivity index (χ1n) is 4.55. The number of carbonyl (C=O) groups excluding carboxylic acids is 1. The largest absolute Gasteiger partial charge is 0.294 e. The number of Topliss-reactive ketones (excluding diaryl/α,β-unsaturated/α-hetero) is 1. The van der Waals surface area contributed by atoms with Crippen LogP contribution in [0.25, 0.3) is 0 Å². The monoisotopic (exact) mass is 179 g/mol. The molecule has 1 aromatic rings. The molecule has 2 heteroatoms. The molecular weight excluding hydrogens is 162 g/mol. The molecular formula is C11H17NO. The van der Waals surface area contributed by atoms with E-state index in [2.05, 4.69) is 4.98 Å². The van der Waals surface area contributed by atoms with E-state index in [-0.39, 0.29) is 5.78 Å². The van der Waals surface area contributed by atoms with Crippen molar-refractivity contribution in [1.29, 1.82) is 0 Å². The Balaban J connectivity index is 0.000000671. The number of pyridine rings is 1. The minimum absolute atomic E-state index is 0.0700. The third-order valence-corrected chi connectivity index (χ3v) is 1.75. The highest BCUT2D eigenvalue weighted by Gasteiger charge is 2.00. The summed E-state index contributed by atoms with van der Waals surface area (Å²) in [4.78, 5) is 14.9. The molecule has 0 bridgehead atoms. The Bertz CT molecular complexity index is 292. The number of nitrogens with zero attached hydrogens (tertiary/aromatic N) is 1. The first-order valence-corrected chi connectivity index (χ1v) is 4.55. The number of hydrogen-bond donors (Lipinski definition) is 0. The normalized spacial score (nSPS) is 8.69. The SMILES string of the molecule is CC.CC(=O)c1cnc(C)c(C)c1. The van der Waals surface area contributed by atoms with Crippen molar-refractivity contribution >= 4 is 5.78 Å². The molecule has 0 N–H and O–H groups in total. The van der Waals surface area contributed by atoms with Crippen LogP contribution in [0.3, 0.4) is 0 Å². The highest BCUT2D eigenvalue weighted by atomic mass is 16.1. The van der Waals surface area contributed by atoms with Crippen molar-refractivity contribution in [3.05, 3.63) is 29.1 Å². The van der Waals surface area contributed by atoms with Crippen molar-refractivity contribution in [2.45, 2.75) is 34.6 Å².